The van der Waals surface area contributed by atoms with E-state index in [0.29, 0.717) is 13.5 Å². The van der Waals surface area contributed by atoms with Crippen LogP contribution in [0.1, 0.15) is 5.69 Å². The van der Waals surface area contributed by atoms with E-state index in [1.54, 1.807) is 0 Å². The second-order valence-corrected chi connectivity index (χ2v) is 5.08. The molecule has 0 saturated heterocycles. The summed E-state index contributed by atoms with van der Waals surface area (Å²) in [6.07, 6.45) is 7.21. The highest BCUT2D eigenvalue weighted by molar-refractivity contribution is 14.1. The number of halogens is 3. The molecule has 0 aromatic carbocycles. The van der Waals surface area contributed by atoms with Crippen molar-refractivity contribution in [2.75, 3.05) is 0 Å². The zero-order valence-corrected chi connectivity index (χ0v) is 14.6. The molecule has 2 heterocycles. The molecule has 0 radical (unpaired) electrons. The van der Waals surface area contributed by atoms with Crippen molar-refractivity contribution in [3.63, 3.8) is 0 Å². The molecule has 0 aliphatic carbocycles. The Morgan fingerprint density at radius 2 is 1.95 bits per heavy atom. The van der Waals surface area contributed by atoms with E-state index in [9.17, 15) is 0 Å². The van der Waals surface area contributed by atoms with Crippen LogP contribution >= 0.6 is 22.6 Å². The fraction of sp³-hybridized carbons (Fsp3) is 0.154. The minimum Gasteiger partial charge on any atom is -1.00 e. The molecule has 0 saturated carbocycles. The van der Waals surface area contributed by atoms with Crippen LogP contribution in [0.25, 0.3) is 0 Å². The smallest absolute Gasteiger partial charge is 0.258 e. The van der Waals surface area contributed by atoms with Gasteiger partial charge in [-0.3, -0.25) is 4.74 Å². The Bertz CT molecular complexity index is 585. The van der Waals surface area contributed by atoms with E-state index >= 15 is 0 Å². The maximum absolute atomic E-state index is 8.59. The Morgan fingerprint density at radius 1 is 1.14 bits per heavy atom. The summed E-state index contributed by atoms with van der Waals surface area (Å²) in [6.45, 7) is 0.856. The molecule has 0 spiro atoms. The minimum absolute atomic E-state index is 0. The van der Waals surface area contributed by atoms with Crippen molar-refractivity contribution in [3.05, 3.63) is 58.2 Å². The van der Waals surface area contributed by atoms with Gasteiger partial charge in [0.05, 0.1) is 3.57 Å². The standard InChI is InChI=1S/C13H13IN3O2.2ClH/c14-12-4-3-6-16(9-12)10-19-11-17-7-2-1-5-13(17)8-15-18;;/h1-9H,10-11H2;2*1H/q+1;;/p-1. The quantitative estimate of drug-likeness (QED) is 0.167. The third-order valence-electron chi connectivity index (χ3n) is 2.46. The summed E-state index contributed by atoms with van der Waals surface area (Å²) in [5.74, 6) is 0. The molecule has 0 aliphatic rings. The molecule has 21 heavy (non-hydrogen) atoms. The van der Waals surface area contributed by atoms with Crippen molar-refractivity contribution in [1.82, 2.24) is 0 Å². The molecule has 2 rings (SSSR count). The molecule has 0 amide bonds. The summed E-state index contributed by atoms with van der Waals surface area (Å²) in [6, 6.07) is 9.63. The molecule has 114 valence electrons. The van der Waals surface area contributed by atoms with E-state index in [2.05, 4.69) is 27.7 Å². The maximum atomic E-state index is 8.59. The van der Waals surface area contributed by atoms with Gasteiger partial charge in [0.25, 0.3) is 13.5 Å². The number of pyridine rings is 2. The van der Waals surface area contributed by atoms with Crippen LogP contribution in [0, 0.1) is 3.57 Å². The SMILES string of the molecule is O/N=C\c1cccc[n+]1COC[n+]1cccc(I)c1.[Cl-].[Cl-]. The molecule has 0 atom stereocenters. The van der Waals surface area contributed by atoms with Gasteiger partial charge in [-0.25, -0.2) is 0 Å². The Hall–Kier alpha value is -0.960. The zero-order valence-electron chi connectivity index (χ0n) is 10.9. The van der Waals surface area contributed by atoms with Crippen LogP contribution in [-0.4, -0.2) is 11.4 Å². The number of nitrogens with zero attached hydrogens (tertiary/aromatic N) is 3. The summed E-state index contributed by atoms with van der Waals surface area (Å²) in [4.78, 5) is 0. The first kappa shape index (κ1) is 20.0. The molecule has 0 aliphatic heterocycles. The van der Waals surface area contributed by atoms with Gasteiger partial charge in [0, 0.05) is 18.2 Å². The number of oxime groups is 1. The van der Waals surface area contributed by atoms with Crippen LogP contribution in [0.4, 0.5) is 0 Å². The second-order valence-electron chi connectivity index (χ2n) is 3.84. The Kier molecular flexibility index (Phi) is 10.2. The van der Waals surface area contributed by atoms with Crippen LogP contribution in [0.15, 0.2) is 54.1 Å². The van der Waals surface area contributed by atoms with Crippen molar-refractivity contribution in [1.29, 1.82) is 0 Å². The van der Waals surface area contributed by atoms with Gasteiger partial charge >= 0.3 is 0 Å². The lowest BCUT2D eigenvalue weighted by Gasteiger charge is -2.00. The highest BCUT2D eigenvalue weighted by Gasteiger charge is 2.09. The largest absolute Gasteiger partial charge is 1.00 e. The van der Waals surface area contributed by atoms with Gasteiger partial charge in [0.1, 0.15) is 6.21 Å². The summed E-state index contributed by atoms with van der Waals surface area (Å²) < 4.78 is 10.6. The van der Waals surface area contributed by atoms with Crippen molar-refractivity contribution in [3.8, 4) is 0 Å². The average Bonchev–Trinajstić information content (AvgIpc) is 2.41. The van der Waals surface area contributed by atoms with E-state index in [-0.39, 0.29) is 24.8 Å². The van der Waals surface area contributed by atoms with E-state index in [4.69, 9.17) is 9.94 Å². The topological polar surface area (TPSA) is 49.6 Å². The maximum Gasteiger partial charge on any atom is 0.258 e. The molecular weight excluding hydrogens is 428 g/mol. The normalized spacial score (nSPS) is 9.95. The van der Waals surface area contributed by atoms with Crippen molar-refractivity contribution in [2.24, 2.45) is 5.16 Å². The predicted octanol–water partition coefficient (Wildman–Crippen LogP) is -4.69. The number of hydrogen-bond acceptors (Lipinski definition) is 3. The zero-order chi connectivity index (χ0) is 13.5. The Morgan fingerprint density at radius 3 is 2.67 bits per heavy atom. The first-order chi connectivity index (χ1) is 9.29. The van der Waals surface area contributed by atoms with E-state index in [0.717, 1.165) is 9.26 Å². The summed E-state index contributed by atoms with van der Waals surface area (Å²) in [5.41, 5.74) is 0.776. The molecule has 2 aromatic heterocycles. The van der Waals surface area contributed by atoms with Crippen molar-refractivity contribution in [2.45, 2.75) is 13.5 Å². The van der Waals surface area contributed by atoms with Gasteiger partial charge in [0.2, 0.25) is 5.69 Å². The van der Waals surface area contributed by atoms with Crippen LogP contribution in [0.5, 0.6) is 0 Å². The molecule has 1 N–H and O–H groups in total. The molecule has 5 nitrogen and oxygen atoms in total. The van der Waals surface area contributed by atoms with Crippen LogP contribution in [0.2, 0.25) is 0 Å². The van der Waals surface area contributed by atoms with Crippen LogP contribution in [-0.2, 0) is 18.2 Å². The Balaban J connectivity index is 0.00000200. The molecule has 8 heteroatoms. The summed E-state index contributed by atoms with van der Waals surface area (Å²) in [7, 11) is 0. The molecule has 2 aromatic rings. The lowest BCUT2D eigenvalue weighted by molar-refractivity contribution is -0.789. The fourth-order valence-corrected chi connectivity index (χ4v) is 2.16. The third kappa shape index (κ3) is 6.56. The number of rotatable bonds is 5. The molecule has 0 bridgehead atoms. The lowest BCUT2D eigenvalue weighted by Crippen LogP contribution is -3.00. The van der Waals surface area contributed by atoms with Crippen molar-refractivity contribution < 1.29 is 43.9 Å². The van der Waals surface area contributed by atoms with Gasteiger partial charge in [-0.05, 0) is 34.7 Å². The highest BCUT2D eigenvalue weighted by Crippen LogP contribution is 1.97. The van der Waals surface area contributed by atoms with Gasteiger partial charge in [-0.15, -0.1) is 0 Å². The fourth-order valence-electron chi connectivity index (χ4n) is 1.60. The molecular formula is C13H14Cl2IN3O2. The third-order valence-corrected chi connectivity index (χ3v) is 3.10. The molecule has 0 fully saturated rings. The highest BCUT2D eigenvalue weighted by atomic mass is 127. The number of aromatic nitrogens is 2. The number of ether oxygens (including phenoxy) is 1. The van der Waals surface area contributed by atoms with Gasteiger partial charge < -0.3 is 30.0 Å². The number of hydrogen-bond donors (Lipinski definition) is 1. The molecule has 0 unspecified atom stereocenters. The van der Waals surface area contributed by atoms with Gasteiger partial charge in [0.15, 0.2) is 18.6 Å². The first-order valence-corrected chi connectivity index (χ1v) is 6.76. The van der Waals surface area contributed by atoms with Crippen LogP contribution < -0.4 is 33.9 Å². The second kappa shape index (κ2) is 10.7. The minimum atomic E-state index is 0. The predicted molar refractivity (Wildman–Crippen MR) is 76.5 cm³/mol. The summed E-state index contributed by atoms with van der Waals surface area (Å²) >= 11 is 2.26. The first-order valence-electron chi connectivity index (χ1n) is 5.68. The van der Waals surface area contributed by atoms with E-state index in [1.165, 1.54) is 6.21 Å². The van der Waals surface area contributed by atoms with Gasteiger partial charge in [-0.2, -0.15) is 9.13 Å². The monoisotopic (exact) mass is 441 g/mol. The summed E-state index contributed by atoms with van der Waals surface area (Å²) in [5, 5.41) is 11.6. The Labute approximate surface area is 149 Å². The van der Waals surface area contributed by atoms with E-state index in [1.807, 2.05) is 58.1 Å². The average molecular weight is 442 g/mol. The van der Waals surface area contributed by atoms with Gasteiger partial charge in [-0.1, -0.05) is 5.16 Å². The lowest BCUT2D eigenvalue weighted by atomic mass is 10.3. The van der Waals surface area contributed by atoms with E-state index < -0.39 is 0 Å². The van der Waals surface area contributed by atoms with Crippen LogP contribution in [0.3, 0.4) is 0 Å². The van der Waals surface area contributed by atoms with Crippen molar-refractivity contribution >= 4 is 28.8 Å².